The number of benzene rings is 8. The first-order chi connectivity index (χ1) is 40.9. The van der Waals surface area contributed by atoms with Gasteiger partial charge in [0.1, 0.15) is 46.8 Å². The Balaban J connectivity index is 0.739. The second-order valence-electron chi connectivity index (χ2n) is 22.0. The molecule has 8 aromatic carbocycles. The van der Waals surface area contributed by atoms with Crippen molar-refractivity contribution in [1.29, 1.82) is 0 Å². The highest BCUT2D eigenvalue weighted by Crippen LogP contribution is 2.54. The van der Waals surface area contributed by atoms with Crippen LogP contribution in [0.15, 0.2) is 243 Å². The smallest absolute Gasteiger partial charge is 0.164 e. The molecule has 2 heterocycles. The lowest BCUT2D eigenvalue weighted by Crippen LogP contribution is -2.56. The van der Waals surface area contributed by atoms with E-state index in [4.69, 9.17) is 47.4 Å². The van der Waals surface area contributed by atoms with Gasteiger partial charge < -0.3 is 57.6 Å². The van der Waals surface area contributed by atoms with Crippen molar-refractivity contribution in [3.63, 3.8) is 0 Å². The molecule has 0 saturated carbocycles. The quantitative estimate of drug-likeness (QED) is 0.0433. The first-order valence-electron chi connectivity index (χ1n) is 29.1. The van der Waals surface area contributed by atoms with Gasteiger partial charge in [-0.15, -0.1) is 0 Å². The van der Waals surface area contributed by atoms with Crippen LogP contribution < -0.4 is 0 Å². The fraction of sp³-hybridized carbons (Fsp3) is 0.333. The lowest BCUT2D eigenvalue weighted by Gasteiger charge is -2.45. The van der Waals surface area contributed by atoms with Crippen LogP contribution in [0.1, 0.15) is 72.2 Å². The Hall–Kier alpha value is -6.72. The molecule has 0 radical (unpaired) electrons. The Morgan fingerprint density at radius 1 is 0.274 bits per heavy atom. The second kappa shape index (κ2) is 27.5. The van der Waals surface area contributed by atoms with Gasteiger partial charge in [-0.05, 0) is 72.2 Å². The highest BCUT2D eigenvalue weighted by Gasteiger charge is 2.64. The topological polar surface area (TPSA) is 133 Å². The minimum atomic E-state index is -1.65. The molecule has 0 aromatic heterocycles. The van der Waals surface area contributed by atoms with E-state index in [-0.39, 0.29) is 26.4 Å². The summed E-state index contributed by atoms with van der Waals surface area (Å²) in [6.07, 6.45) is -3.59. The van der Waals surface area contributed by atoms with Gasteiger partial charge in [-0.3, -0.25) is 0 Å². The fourth-order valence-corrected chi connectivity index (χ4v) is 12.0. The summed E-state index contributed by atoms with van der Waals surface area (Å²) < 4.78 is 66.2. The molecule has 2 aliphatic heterocycles. The summed E-state index contributed by atoms with van der Waals surface area (Å²) in [5.74, 6) is -2.20. The van der Waals surface area contributed by atoms with Crippen molar-refractivity contribution in [2.45, 2.75) is 86.1 Å². The van der Waals surface area contributed by atoms with Crippen LogP contribution in [0.5, 0.6) is 0 Å². The molecule has 438 valence electrons. The molecular formula is C72H78O12. The first-order valence-corrected chi connectivity index (χ1v) is 29.1. The first kappa shape index (κ1) is 60.4. The van der Waals surface area contributed by atoms with Gasteiger partial charge >= 0.3 is 0 Å². The highest BCUT2D eigenvalue weighted by molar-refractivity contribution is 5.46. The number of aliphatic hydroxyl groups is 2. The molecule has 0 amide bonds. The van der Waals surface area contributed by atoms with E-state index >= 15 is 0 Å². The summed E-state index contributed by atoms with van der Waals surface area (Å²) >= 11 is 0. The van der Waals surface area contributed by atoms with E-state index in [2.05, 4.69) is 0 Å². The predicted octanol–water partition coefficient (Wildman–Crippen LogP) is 11.9. The molecule has 4 atom stereocenters. The summed E-state index contributed by atoms with van der Waals surface area (Å²) in [6.45, 7) is 10.5. The summed E-state index contributed by atoms with van der Waals surface area (Å²) in [5, 5.41) is 26.6. The molecule has 0 spiro atoms. The van der Waals surface area contributed by atoms with E-state index in [1.807, 2.05) is 270 Å². The van der Waals surface area contributed by atoms with Gasteiger partial charge in [0, 0.05) is 0 Å². The van der Waals surface area contributed by atoms with E-state index in [1.165, 1.54) is 0 Å². The van der Waals surface area contributed by atoms with Crippen LogP contribution >= 0.6 is 0 Å². The van der Waals surface area contributed by atoms with Gasteiger partial charge in [-0.1, -0.05) is 243 Å². The van der Waals surface area contributed by atoms with E-state index in [0.717, 1.165) is 22.3 Å². The molecule has 10 rings (SSSR count). The molecule has 0 unspecified atom stereocenters. The molecule has 2 saturated heterocycles. The van der Waals surface area contributed by atoms with Crippen LogP contribution in [0, 0.1) is 0 Å². The summed E-state index contributed by atoms with van der Waals surface area (Å²) in [5.41, 5.74) is 0.212. The van der Waals surface area contributed by atoms with Crippen molar-refractivity contribution in [2.24, 2.45) is 0 Å². The molecule has 0 aliphatic carbocycles. The fourth-order valence-electron chi connectivity index (χ4n) is 12.0. The molecular weight excluding hydrogens is 1060 g/mol. The zero-order valence-electron chi connectivity index (χ0n) is 48.5. The van der Waals surface area contributed by atoms with Crippen LogP contribution in [-0.4, -0.2) is 112 Å². The molecule has 2 fully saturated rings. The highest BCUT2D eigenvalue weighted by atomic mass is 16.8. The van der Waals surface area contributed by atoms with E-state index in [0.29, 0.717) is 61.9 Å². The Morgan fingerprint density at radius 2 is 0.452 bits per heavy atom. The number of hydrogen-bond acceptors (Lipinski definition) is 12. The second-order valence-corrected chi connectivity index (χ2v) is 22.0. The van der Waals surface area contributed by atoms with Gasteiger partial charge in [0.2, 0.25) is 0 Å². The predicted molar refractivity (Wildman–Crippen MR) is 322 cm³/mol. The average Bonchev–Trinajstić information content (AvgIpc) is 2.08. The monoisotopic (exact) mass is 1130 g/mol. The maximum absolute atomic E-state index is 13.3. The molecule has 12 heteroatoms. The van der Waals surface area contributed by atoms with Crippen molar-refractivity contribution in [1.82, 2.24) is 0 Å². The maximum Gasteiger partial charge on any atom is 0.164 e. The van der Waals surface area contributed by atoms with Crippen LogP contribution in [0.2, 0.25) is 0 Å². The SMILES string of the molecule is CC1(C)O[C@H](C(O)(c2ccccc2)c2ccccc2)[C@@H](C(OCCOCCOCCOCCOCCOC(c2ccccc2)(c2ccccc2)[C@H]2OC(C)(C)O[C@@H]2C(O)(c2ccccc2)c2ccccc2)(c2ccccc2)c2ccccc2)O1. The van der Waals surface area contributed by atoms with Crippen molar-refractivity contribution in [2.75, 3.05) is 66.1 Å². The molecule has 8 aromatic rings. The lowest BCUT2D eigenvalue weighted by molar-refractivity contribution is -0.180. The summed E-state index contributed by atoms with van der Waals surface area (Å²) in [7, 11) is 0. The van der Waals surface area contributed by atoms with Crippen molar-refractivity contribution in [3.8, 4) is 0 Å². The third-order valence-electron chi connectivity index (χ3n) is 15.7. The largest absolute Gasteiger partial charge is 0.378 e. The maximum atomic E-state index is 13.3. The van der Waals surface area contributed by atoms with E-state index < -0.39 is 58.4 Å². The minimum Gasteiger partial charge on any atom is -0.378 e. The van der Waals surface area contributed by atoms with Gasteiger partial charge in [-0.25, -0.2) is 0 Å². The third-order valence-corrected chi connectivity index (χ3v) is 15.7. The standard InChI is InChI=1S/C72H78O12/c1-67(2)81-63(69(73,55-29-13-5-14-30-55)56-31-15-6-16-32-56)65(83-67)71(59-37-21-9-22-38-59,60-39-23-10-24-40-60)79-53-51-77-49-47-75-45-46-76-48-50-78-52-54-80-72(61-41-25-11-26-42-61,62-43-27-12-28-44-62)66-64(82-68(3,4)84-66)70(74,57-33-17-7-18-34-57)58-35-19-8-20-36-58/h5-44,63-66,73-74H,45-54H2,1-4H3/t63-,64-,65-,66-/m0/s1. The molecule has 2 aliphatic rings. The van der Waals surface area contributed by atoms with Crippen LogP contribution in [-0.2, 0) is 69.8 Å². The Kier molecular flexibility index (Phi) is 19.8. The summed E-state index contributed by atoms with van der Waals surface area (Å²) in [6, 6.07) is 78.5. The summed E-state index contributed by atoms with van der Waals surface area (Å²) in [4.78, 5) is 0. The third kappa shape index (κ3) is 13.1. The van der Waals surface area contributed by atoms with Crippen LogP contribution in [0.25, 0.3) is 0 Å². The van der Waals surface area contributed by atoms with E-state index in [1.54, 1.807) is 0 Å². The lowest BCUT2D eigenvalue weighted by atomic mass is 9.72. The zero-order chi connectivity index (χ0) is 58.4. The molecule has 12 nitrogen and oxygen atoms in total. The normalized spacial score (nSPS) is 18.9. The molecule has 0 bridgehead atoms. The van der Waals surface area contributed by atoms with Crippen molar-refractivity contribution in [3.05, 3.63) is 287 Å². The number of ether oxygens (including phenoxy) is 10. The molecule has 2 N–H and O–H groups in total. The van der Waals surface area contributed by atoms with Crippen LogP contribution in [0.3, 0.4) is 0 Å². The number of rotatable bonds is 29. The molecule has 84 heavy (non-hydrogen) atoms. The Labute approximate surface area is 494 Å². The number of hydrogen-bond donors (Lipinski definition) is 2. The van der Waals surface area contributed by atoms with Crippen LogP contribution in [0.4, 0.5) is 0 Å². The van der Waals surface area contributed by atoms with Crippen molar-refractivity contribution >= 4 is 0 Å². The van der Waals surface area contributed by atoms with Gasteiger partial charge in [-0.2, -0.15) is 0 Å². The minimum absolute atomic E-state index is 0.187. The van der Waals surface area contributed by atoms with Gasteiger partial charge in [0.25, 0.3) is 0 Å². The van der Waals surface area contributed by atoms with Gasteiger partial charge in [0.05, 0.1) is 66.1 Å². The van der Waals surface area contributed by atoms with Gasteiger partial charge in [0.15, 0.2) is 11.6 Å². The Morgan fingerprint density at radius 3 is 0.667 bits per heavy atom. The average molecular weight is 1140 g/mol. The van der Waals surface area contributed by atoms with E-state index in [9.17, 15) is 10.2 Å². The van der Waals surface area contributed by atoms with Crippen molar-refractivity contribution < 1.29 is 57.6 Å². The Bertz CT molecular complexity index is 2820. The zero-order valence-corrected chi connectivity index (χ0v) is 48.5.